The Morgan fingerprint density at radius 1 is 1.33 bits per heavy atom. The second-order valence-electron chi connectivity index (χ2n) is 2.11. The van der Waals surface area contributed by atoms with Crippen molar-refractivity contribution in [3.8, 4) is 0 Å². The lowest BCUT2D eigenvalue weighted by atomic mass is 10.2. The van der Waals surface area contributed by atoms with Gasteiger partial charge in [0.25, 0.3) is 0 Å². The minimum atomic E-state index is -4.09. The zero-order valence-corrected chi connectivity index (χ0v) is 4.78. The molecule has 1 radical (unpaired) electrons. The highest BCUT2D eigenvalue weighted by Gasteiger charge is 2.41. The summed E-state index contributed by atoms with van der Waals surface area (Å²) >= 11 is 0. The highest BCUT2D eigenvalue weighted by molar-refractivity contribution is 4.79. The summed E-state index contributed by atoms with van der Waals surface area (Å²) in [6, 6.07) is -1.36. The van der Waals surface area contributed by atoms with Crippen molar-refractivity contribution < 1.29 is 13.2 Å². The molecule has 0 bridgehead atoms. The molecule has 0 aromatic rings. The number of rotatable bonds is 0. The van der Waals surface area contributed by atoms with E-state index in [2.05, 4.69) is 5.32 Å². The highest BCUT2D eigenvalue weighted by atomic mass is 19.4. The van der Waals surface area contributed by atoms with E-state index in [0.717, 1.165) is 0 Å². The maximum Gasteiger partial charge on any atom is 0.405 e. The molecule has 0 aromatic carbocycles. The molecule has 1 nitrogen and oxygen atoms in total. The van der Waals surface area contributed by atoms with Crippen LogP contribution in [0.4, 0.5) is 13.2 Å². The summed E-state index contributed by atoms with van der Waals surface area (Å²) in [5.41, 5.74) is 0. The van der Waals surface area contributed by atoms with Gasteiger partial charge in [0.1, 0.15) is 6.04 Å². The summed E-state index contributed by atoms with van der Waals surface area (Å²) in [4.78, 5) is 0. The van der Waals surface area contributed by atoms with E-state index in [0.29, 0.717) is 13.0 Å². The maximum absolute atomic E-state index is 11.7. The first kappa shape index (κ1) is 6.86. The minimum absolute atomic E-state index is 0.184. The van der Waals surface area contributed by atoms with Crippen LogP contribution in [0.15, 0.2) is 0 Å². The van der Waals surface area contributed by atoms with Crippen molar-refractivity contribution in [1.82, 2.24) is 5.32 Å². The normalized spacial score (nSPS) is 29.0. The van der Waals surface area contributed by atoms with Crippen molar-refractivity contribution in [3.05, 3.63) is 0 Å². The fraction of sp³-hybridized carbons (Fsp3) is 1.00. The molecule has 0 spiro atoms. The number of alkyl halides is 3. The van der Waals surface area contributed by atoms with Crippen LogP contribution in [0.1, 0.15) is 12.8 Å². The van der Waals surface area contributed by atoms with Crippen molar-refractivity contribution in [3.63, 3.8) is 0 Å². The minimum Gasteiger partial charge on any atom is -0.229 e. The third kappa shape index (κ3) is 1.58. The fourth-order valence-electron chi connectivity index (χ4n) is 0.890. The van der Waals surface area contributed by atoms with Gasteiger partial charge in [-0.2, -0.15) is 13.2 Å². The fourth-order valence-corrected chi connectivity index (χ4v) is 0.890. The lowest BCUT2D eigenvalue weighted by Gasteiger charge is -2.11. The van der Waals surface area contributed by atoms with Gasteiger partial charge < -0.3 is 0 Å². The predicted octanol–water partition coefficient (Wildman–Crippen LogP) is 1.32. The van der Waals surface area contributed by atoms with Gasteiger partial charge in [-0.1, -0.05) is 0 Å². The van der Waals surface area contributed by atoms with Gasteiger partial charge in [-0.15, -0.1) is 0 Å². The van der Waals surface area contributed by atoms with Crippen LogP contribution in [0.25, 0.3) is 0 Å². The molecule has 0 aromatic heterocycles. The Morgan fingerprint density at radius 3 is 2.22 bits per heavy atom. The molecule has 1 aliphatic heterocycles. The summed E-state index contributed by atoms with van der Waals surface area (Å²) in [6.45, 7) is 0.379. The monoisotopic (exact) mass is 138 g/mol. The van der Waals surface area contributed by atoms with Gasteiger partial charge in [-0.25, -0.2) is 5.32 Å². The summed E-state index contributed by atoms with van der Waals surface area (Å²) in [5, 5.41) is 3.38. The molecule has 0 amide bonds. The average Bonchev–Trinajstić information content (AvgIpc) is 2.08. The van der Waals surface area contributed by atoms with E-state index in [1.165, 1.54) is 0 Å². The van der Waals surface area contributed by atoms with Crippen LogP contribution in [0.3, 0.4) is 0 Å². The van der Waals surface area contributed by atoms with E-state index in [1.807, 2.05) is 0 Å². The van der Waals surface area contributed by atoms with Crippen LogP contribution in [0.5, 0.6) is 0 Å². The first-order valence-electron chi connectivity index (χ1n) is 2.84. The topological polar surface area (TPSA) is 14.1 Å². The molecule has 9 heavy (non-hydrogen) atoms. The molecule has 0 N–H and O–H groups in total. The van der Waals surface area contributed by atoms with E-state index < -0.39 is 12.2 Å². The largest absolute Gasteiger partial charge is 0.405 e. The predicted molar refractivity (Wildman–Crippen MR) is 26.1 cm³/mol. The second-order valence-corrected chi connectivity index (χ2v) is 2.11. The molecule has 0 aliphatic carbocycles. The van der Waals surface area contributed by atoms with Gasteiger partial charge in [0.2, 0.25) is 0 Å². The first-order chi connectivity index (χ1) is 4.11. The van der Waals surface area contributed by atoms with Gasteiger partial charge in [0.05, 0.1) is 0 Å². The van der Waals surface area contributed by atoms with Crippen molar-refractivity contribution >= 4 is 0 Å². The summed E-state index contributed by atoms with van der Waals surface area (Å²) < 4.78 is 35.0. The van der Waals surface area contributed by atoms with Gasteiger partial charge in [0, 0.05) is 6.54 Å². The number of hydrogen-bond donors (Lipinski definition) is 0. The summed E-state index contributed by atoms with van der Waals surface area (Å²) in [7, 11) is 0. The quantitative estimate of drug-likeness (QED) is 0.479. The molecule has 0 unspecified atom stereocenters. The SMILES string of the molecule is FC(F)(F)[C@H]1CCC[N]1. The third-order valence-electron chi connectivity index (χ3n) is 1.36. The van der Waals surface area contributed by atoms with Gasteiger partial charge in [-0.3, -0.25) is 0 Å². The molecule has 1 saturated heterocycles. The van der Waals surface area contributed by atoms with Crippen molar-refractivity contribution in [2.24, 2.45) is 0 Å². The van der Waals surface area contributed by atoms with E-state index in [-0.39, 0.29) is 6.42 Å². The van der Waals surface area contributed by atoms with Crippen LogP contribution in [-0.4, -0.2) is 18.8 Å². The number of nitrogens with zero attached hydrogens (tertiary/aromatic N) is 1. The van der Waals surface area contributed by atoms with Crippen molar-refractivity contribution in [2.45, 2.75) is 25.1 Å². The Morgan fingerprint density at radius 2 is 2.00 bits per heavy atom. The smallest absolute Gasteiger partial charge is 0.229 e. The lowest BCUT2D eigenvalue weighted by molar-refractivity contribution is -0.152. The molecule has 4 heteroatoms. The maximum atomic E-state index is 11.7. The molecular formula is C5H7F3N. The Bertz CT molecular complexity index is 92.9. The van der Waals surface area contributed by atoms with Gasteiger partial charge >= 0.3 is 6.18 Å². The van der Waals surface area contributed by atoms with Crippen LogP contribution < -0.4 is 5.32 Å². The van der Waals surface area contributed by atoms with Crippen LogP contribution in [0, 0.1) is 0 Å². The molecule has 1 rings (SSSR count). The Hall–Kier alpha value is -0.250. The zero-order chi connectivity index (χ0) is 6.91. The first-order valence-corrected chi connectivity index (χ1v) is 2.84. The molecule has 1 aliphatic rings. The average molecular weight is 138 g/mol. The Labute approximate surface area is 51.2 Å². The molecule has 1 heterocycles. The standard InChI is InChI=1S/C5H7F3N/c6-5(7,8)4-2-1-3-9-4/h4H,1-3H2/t4-/m1/s1. The van der Waals surface area contributed by atoms with E-state index in [9.17, 15) is 13.2 Å². The molecule has 1 fully saturated rings. The number of halogens is 3. The molecule has 0 saturated carbocycles. The van der Waals surface area contributed by atoms with Gasteiger partial charge in [-0.05, 0) is 12.8 Å². The highest BCUT2D eigenvalue weighted by Crippen LogP contribution is 2.26. The lowest BCUT2D eigenvalue weighted by Crippen LogP contribution is -2.32. The van der Waals surface area contributed by atoms with Gasteiger partial charge in [0.15, 0.2) is 0 Å². The number of hydrogen-bond acceptors (Lipinski definition) is 0. The molecule has 53 valence electrons. The molecular weight excluding hydrogens is 131 g/mol. The van der Waals surface area contributed by atoms with E-state index in [4.69, 9.17) is 0 Å². The van der Waals surface area contributed by atoms with E-state index in [1.54, 1.807) is 0 Å². The van der Waals surface area contributed by atoms with Crippen LogP contribution >= 0.6 is 0 Å². The van der Waals surface area contributed by atoms with Crippen LogP contribution in [-0.2, 0) is 0 Å². The Balaban J connectivity index is 2.42. The third-order valence-corrected chi connectivity index (χ3v) is 1.36. The second kappa shape index (κ2) is 2.17. The zero-order valence-electron chi connectivity index (χ0n) is 4.78. The van der Waals surface area contributed by atoms with Crippen LogP contribution in [0.2, 0.25) is 0 Å². The summed E-state index contributed by atoms with van der Waals surface area (Å²) in [5.74, 6) is 0. The van der Waals surface area contributed by atoms with Crippen molar-refractivity contribution in [1.29, 1.82) is 0 Å². The van der Waals surface area contributed by atoms with E-state index >= 15 is 0 Å². The Kier molecular flexibility index (Phi) is 1.66. The molecule has 1 atom stereocenters. The van der Waals surface area contributed by atoms with Crippen molar-refractivity contribution in [2.75, 3.05) is 6.54 Å². The summed E-state index contributed by atoms with van der Waals surface area (Å²) in [6.07, 6.45) is -3.32.